The number of hydrogen-bond donors (Lipinski definition) is 0. The molecule has 1 aliphatic heterocycles. The fourth-order valence-corrected chi connectivity index (χ4v) is 4.79. The highest BCUT2D eigenvalue weighted by atomic mass is 79.9. The molecule has 8 heteroatoms. The minimum atomic E-state index is -0.227. The zero-order valence-corrected chi connectivity index (χ0v) is 15.3. The number of fused-ring (bicyclic) bond motifs is 2. The van der Waals surface area contributed by atoms with Gasteiger partial charge in [0.2, 0.25) is 6.79 Å². The van der Waals surface area contributed by atoms with Gasteiger partial charge in [0, 0.05) is 18.7 Å². The summed E-state index contributed by atoms with van der Waals surface area (Å²) in [5, 5.41) is 0. The van der Waals surface area contributed by atoms with E-state index in [9.17, 15) is 4.79 Å². The van der Waals surface area contributed by atoms with Crippen molar-refractivity contribution in [1.82, 2.24) is 4.57 Å². The summed E-state index contributed by atoms with van der Waals surface area (Å²) in [7, 11) is 0. The van der Waals surface area contributed by atoms with Crippen LogP contribution in [0.1, 0.15) is 16.6 Å². The van der Waals surface area contributed by atoms with Crippen LogP contribution in [0.25, 0.3) is 10.2 Å². The Morgan fingerprint density at radius 3 is 2.78 bits per heavy atom. The molecule has 3 aromatic rings. The lowest BCUT2D eigenvalue weighted by molar-refractivity contribution is 0.100. The van der Waals surface area contributed by atoms with Gasteiger partial charge in [-0.2, -0.15) is 4.99 Å². The van der Waals surface area contributed by atoms with Gasteiger partial charge in [-0.05, 0) is 35.0 Å². The number of aromatic nitrogens is 1. The molecule has 0 atom stereocenters. The predicted molar refractivity (Wildman–Crippen MR) is 93.5 cm³/mol. The van der Waals surface area contributed by atoms with Gasteiger partial charge in [-0.25, -0.2) is 0 Å². The smallest absolute Gasteiger partial charge is 0.289 e. The number of ether oxygens (including phenoxy) is 2. The lowest BCUT2D eigenvalue weighted by Gasteiger charge is -2.01. The van der Waals surface area contributed by atoms with E-state index in [2.05, 4.69) is 20.9 Å². The highest BCUT2D eigenvalue weighted by Gasteiger charge is 2.17. The molecule has 4 rings (SSSR count). The summed E-state index contributed by atoms with van der Waals surface area (Å²) in [6.45, 7) is 3.00. The molecule has 0 saturated carbocycles. The molecule has 3 heterocycles. The van der Waals surface area contributed by atoms with Crippen LogP contribution in [0.5, 0.6) is 11.5 Å². The monoisotopic (exact) mass is 410 g/mol. The maximum atomic E-state index is 12.3. The molecule has 118 valence electrons. The van der Waals surface area contributed by atoms with Crippen molar-refractivity contribution in [2.75, 3.05) is 6.79 Å². The number of hydrogen-bond acceptors (Lipinski definition) is 5. The summed E-state index contributed by atoms with van der Waals surface area (Å²) in [6.07, 6.45) is 0. The van der Waals surface area contributed by atoms with Crippen LogP contribution < -0.4 is 14.3 Å². The number of nitrogens with zero attached hydrogens (tertiary/aromatic N) is 2. The van der Waals surface area contributed by atoms with Crippen LogP contribution in [0.3, 0.4) is 0 Å². The van der Waals surface area contributed by atoms with Gasteiger partial charge in [-0.1, -0.05) is 11.3 Å². The highest BCUT2D eigenvalue weighted by Crippen LogP contribution is 2.37. The van der Waals surface area contributed by atoms with E-state index in [0.717, 1.165) is 32.0 Å². The normalized spacial score (nSPS) is 13.9. The lowest BCUT2D eigenvalue weighted by Crippen LogP contribution is -2.15. The molecule has 0 unspecified atom stereocenters. The van der Waals surface area contributed by atoms with Crippen LogP contribution in [0.2, 0.25) is 0 Å². The van der Waals surface area contributed by atoms with Crippen LogP contribution in [0, 0.1) is 0 Å². The Bertz CT molecular complexity index is 986. The van der Waals surface area contributed by atoms with Crippen molar-refractivity contribution >= 4 is 54.7 Å². The van der Waals surface area contributed by atoms with Crippen LogP contribution in [-0.4, -0.2) is 17.3 Å². The zero-order valence-electron chi connectivity index (χ0n) is 12.0. The van der Waals surface area contributed by atoms with Crippen molar-refractivity contribution in [2.24, 2.45) is 4.99 Å². The first-order chi connectivity index (χ1) is 11.2. The summed E-state index contributed by atoms with van der Waals surface area (Å²) in [6, 6.07) is 7.52. The molecule has 0 bridgehead atoms. The van der Waals surface area contributed by atoms with E-state index in [0.29, 0.717) is 9.68 Å². The second-order valence-electron chi connectivity index (χ2n) is 4.82. The summed E-state index contributed by atoms with van der Waals surface area (Å²) < 4.78 is 14.8. The Morgan fingerprint density at radius 1 is 1.30 bits per heavy atom. The third kappa shape index (κ3) is 2.60. The first-order valence-corrected chi connectivity index (χ1v) is 9.35. The second-order valence-corrected chi connectivity index (χ2v) is 8.29. The molecule has 0 saturated heterocycles. The summed E-state index contributed by atoms with van der Waals surface area (Å²) in [5.74, 6) is 1.24. The molecule has 23 heavy (non-hydrogen) atoms. The van der Waals surface area contributed by atoms with Gasteiger partial charge in [-0.15, -0.1) is 11.3 Å². The topological polar surface area (TPSA) is 52.8 Å². The molecular formula is C15H11BrN2O3S2. The van der Waals surface area contributed by atoms with Gasteiger partial charge in [0.1, 0.15) is 0 Å². The number of carbonyl (C=O) groups excluding carboxylic acids is 1. The van der Waals surface area contributed by atoms with E-state index in [1.807, 2.05) is 29.7 Å². The Labute approximate surface area is 147 Å². The third-order valence-electron chi connectivity index (χ3n) is 3.47. The maximum Gasteiger partial charge on any atom is 0.289 e. The molecule has 0 N–H and O–H groups in total. The van der Waals surface area contributed by atoms with E-state index < -0.39 is 0 Å². The molecular weight excluding hydrogens is 400 g/mol. The van der Waals surface area contributed by atoms with Crippen LogP contribution >= 0.6 is 38.6 Å². The van der Waals surface area contributed by atoms with Gasteiger partial charge in [0.15, 0.2) is 16.3 Å². The summed E-state index contributed by atoms with van der Waals surface area (Å²) in [4.78, 5) is 17.9. The number of amides is 1. The largest absolute Gasteiger partial charge is 0.454 e. The number of thiazole rings is 1. The Morgan fingerprint density at radius 2 is 2.09 bits per heavy atom. The van der Waals surface area contributed by atoms with Crippen molar-refractivity contribution < 1.29 is 14.3 Å². The van der Waals surface area contributed by atoms with Gasteiger partial charge in [-0.3, -0.25) is 4.79 Å². The Hall–Kier alpha value is -1.64. The number of halogens is 1. The second kappa shape index (κ2) is 5.77. The molecule has 0 radical (unpaired) electrons. The average molecular weight is 411 g/mol. The minimum Gasteiger partial charge on any atom is -0.454 e. The van der Waals surface area contributed by atoms with Crippen LogP contribution in [0.15, 0.2) is 33.0 Å². The Balaban J connectivity index is 1.86. The Kier molecular flexibility index (Phi) is 3.74. The molecule has 1 aliphatic rings. The third-order valence-corrected chi connectivity index (χ3v) is 6.13. The van der Waals surface area contributed by atoms with Gasteiger partial charge in [0.25, 0.3) is 5.91 Å². The van der Waals surface area contributed by atoms with Gasteiger partial charge >= 0.3 is 0 Å². The quantitative estimate of drug-likeness (QED) is 0.640. The SMILES string of the molecule is CCn1c(=NC(=O)c2ccc(Br)s2)sc2cc3c(cc21)OCO3. The highest BCUT2D eigenvalue weighted by molar-refractivity contribution is 9.11. The fourth-order valence-electron chi connectivity index (χ4n) is 2.42. The molecule has 5 nitrogen and oxygen atoms in total. The van der Waals surface area contributed by atoms with Crippen molar-refractivity contribution in [3.63, 3.8) is 0 Å². The molecule has 2 aromatic heterocycles. The summed E-state index contributed by atoms with van der Waals surface area (Å²) >= 11 is 6.23. The number of benzene rings is 1. The van der Waals surface area contributed by atoms with E-state index in [4.69, 9.17) is 9.47 Å². The number of thiophene rings is 1. The van der Waals surface area contributed by atoms with E-state index in [1.165, 1.54) is 22.7 Å². The summed E-state index contributed by atoms with van der Waals surface area (Å²) in [5.41, 5.74) is 1.00. The van der Waals surface area contributed by atoms with E-state index in [-0.39, 0.29) is 12.7 Å². The van der Waals surface area contributed by atoms with Gasteiger partial charge in [0.05, 0.1) is 18.9 Å². The predicted octanol–water partition coefficient (Wildman–Crippen LogP) is 4.02. The number of aryl methyl sites for hydroxylation is 1. The van der Waals surface area contributed by atoms with Gasteiger partial charge < -0.3 is 14.0 Å². The molecule has 1 aromatic carbocycles. The first kappa shape index (κ1) is 14.9. The molecule has 0 aliphatic carbocycles. The molecule has 1 amide bonds. The molecule has 0 fully saturated rings. The standard InChI is InChI=1S/C15H11BrN2O3S2/c1-2-18-8-5-9-10(21-7-20-9)6-12(8)23-15(18)17-14(19)11-3-4-13(16)22-11/h3-6H,2,7H2,1H3. The number of rotatable bonds is 2. The van der Waals surface area contributed by atoms with Crippen molar-refractivity contribution in [2.45, 2.75) is 13.5 Å². The average Bonchev–Trinajstić information content (AvgIpc) is 3.22. The van der Waals surface area contributed by atoms with Crippen molar-refractivity contribution in [3.8, 4) is 11.5 Å². The molecule has 0 spiro atoms. The fraction of sp³-hybridized carbons (Fsp3) is 0.200. The van der Waals surface area contributed by atoms with E-state index >= 15 is 0 Å². The van der Waals surface area contributed by atoms with Crippen LogP contribution in [-0.2, 0) is 6.54 Å². The van der Waals surface area contributed by atoms with Crippen molar-refractivity contribution in [3.05, 3.63) is 37.7 Å². The maximum absolute atomic E-state index is 12.3. The van der Waals surface area contributed by atoms with Crippen LogP contribution in [0.4, 0.5) is 0 Å². The first-order valence-electron chi connectivity index (χ1n) is 6.93. The van der Waals surface area contributed by atoms with Crippen molar-refractivity contribution in [1.29, 1.82) is 0 Å². The van der Waals surface area contributed by atoms with E-state index in [1.54, 1.807) is 6.07 Å². The minimum absolute atomic E-state index is 0.227. The number of carbonyl (C=O) groups is 1. The zero-order chi connectivity index (χ0) is 16.0. The lowest BCUT2D eigenvalue weighted by atomic mass is 10.3.